The van der Waals surface area contributed by atoms with E-state index in [1.165, 1.54) is 5.56 Å². The first-order chi connectivity index (χ1) is 12.9. The summed E-state index contributed by atoms with van der Waals surface area (Å²) in [5.41, 5.74) is 4.56. The van der Waals surface area contributed by atoms with E-state index in [-0.39, 0.29) is 11.8 Å². The monoisotopic (exact) mass is 364 g/mol. The Kier molecular flexibility index (Phi) is 5.28. The zero-order valence-corrected chi connectivity index (χ0v) is 16.0. The Bertz CT molecular complexity index is 1020. The maximum Gasteiger partial charge on any atom is 0.251 e. The van der Waals surface area contributed by atoms with Crippen molar-refractivity contribution in [3.8, 4) is 5.88 Å². The second-order valence-electron chi connectivity index (χ2n) is 6.79. The van der Waals surface area contributed by atoms with Crippen LogP contribution in [-0.4, -0.2) is 47.8 Å². The molecule has 1 amide bonds. The van der Waals surface area contributed by atoms with Gasteiger partial charge in [0.2, 0.25) is 0 Å². The van der Waals surface area contributed by atoms with Crippen molar-refractivity contribution in [3.05, 3.63) is 59.2 Å². The molecule has 6 nitrogen and oxygen atoms in total. The standard InChI is InChI=1S/C21H24N4O2/c1-13(23-16-7-5-6-14(10-16)12-25(3)4)19-17-11-15(20(26)22-2)8-9-18(17)24-21(19)27/h5-11,24,27H,12H2,1-4H3,(H,22,26). The molecule has 0 atom stereocenters. The number of nitrogens with zero attached hydrogens (tertiary/aromatic N) is 2. The van der Waals surface area contributed by atoms with Gasteiger partial charge in [0.25, 0.3) is 5.91 Å². The first kappa shape index (κ1) is 18.7. The number of hydrogen-bond acceptors (Lipinski definition) is 4. The average Bonchev–Trinajstić information content (AvgIpc) is 2.95. The molecule has 1 aromatic heterocycles. The Morgan fingerprint density at radius 2 is 2.00 bits per heavy atom. The first-order valence-corrected chi connectivity index (χ1v) is 8.75. The topological polar surface area (TPSA) is 80.7 Å². The molecular formula is C21H24N4O2. The highest BCUT2D eigenvalue weighted by molar-refractivity contribution is 6.13. The average molecular weight is 364 g/mol. The zero-order valence-electron chi connectivity index (χ0n) is 16.0. The number of aromatic hydroxyl groups is 1. The first-order valence-electron chi connectivity index (χ1n) is 8.75. The number of carbonyl (C=O) groups excluding carboxylic acids is 1. The highest BCUT2D eigenvalue weighted by atomic mass is 16.3. The molecule has 0 radical (unpaired) electrons. The van der Waals surface area contributed by atoms with Crippen LogP contribution in [0, 0.1) is 0 Å². The van der Waals surface area contributed by atoms with Crippen LogP contribution in [-0.2, 0) is 6.54 Å². The van der Waals surface area contributed by atoms with E-state index in [9.17, 15) is 9.90 Å². The lowest BCUT2D eigenvalue weighted by molar-refractivity contribution is 0.0963. The van der Waals surface area contributed by atoms with Crippen LogP contribution < -0.4 is 5.32 Å². The van der Waals surface area contributed by atoms with Crippen LogP contribution >= 0.6 is 0 Å². The minimum atomic E-state index is -0.172. The van der Waals surface area contributed by atoms with Gasteiger partial charge in [0.1, 0.15) is 0 Å². The lowest BCUT2D eigenvalue weighted by Crippen LogP contribution is -2.17. The Labute approximate surface area is 158 Å². The Hall–Kier alpha value is -3.12. The van der Waals surface area contributed by atoms with Crippen LogP contribution in [0.3, 0.4) is 0 Å². The van der Waals surface area contributed by atoms with Gasteiger partial charge in [-0.15, -0.1) is 0 Å². The van der Waals surface area contributed by atoms with Crippen molar-refractivity contribution in [3.63, 3.8) is 0 Å². The molecule has 3 N–H and O–H groups in total. The molecule has 140 valence electrons. The number of rotatable bonds is 5. The lowest BCUT2D eigenvalue weighted by atomic mass is 10.1. The molecule has 2 aromatic carbocycles. The van der Waals surface area contributed by atoms with E-state index in [0.717, 1.165) is 23.1 Å². The molecule has 0 saturated heterocycles. The smallest absolute Gasteiger partial charge is 0.251 e. The third kappa shape index (κ3) is 4.01. The Morgan fingerprint density at radius 3 is 2.70 bits per heavy atom. The van der Waals surface area contributed by atoms with E-state index in [1.54, 1.807) is 25.2 Å². The molecule has 0 saturated carbocycles. The third-order valence-corrected chi connectivity index (χ3v) is 4.34. The van der Waals surface area contributed by atoms with Gasteiger partial charge >= 0.3 is 0 Å². The summed E-state index contributed by atoms with van der Waals surface area (Å²) in [5.74, 6) is -0.126. The van der Waals surface area contributed by atoms with Gasteiger partial charge < -0.3 is 20.3 Å². The summed E-state index contributed by atoms with van der Waals surface area (Å²) in [6.07, 6.45) is 0. The van der Waals surface area contributed by atoms with Crippen molar-refractivity contribution in [2.75, 3.05) is 21.1 Å². The van der Waals surface area contributed by atoms with Gasteiger partial charge in [-0.25, -0.2) is 0 Å². The normalized spacial score (nSPS) is 12.0. The Balaban J connectivity index is 2.04. The fraction of sp³-hybridized carbons (Fsp3) is 0.238. The maximum absolute atomic E-state index is 11.9. The lowest BCUT2D eigenvalue weighted by Gasteiger charge is -2.10. The van der Waals surface area contributed by atoms with Crippen LogP contribution in [0.5, 0.6) is 5.88 Å². The second kappa shape index (κ2) is 7.63. The van der Waals surface area contributed by atoms with Crippen molar-refractivity contribution >= 4 is 28.2 Å². The van der Waals surface area contributed by atoms with Crippen molar-refractivity contribution in [2.45, 2.75) is 13.5 Å². The summed E-state index contributed by atoms with van der Waals surface area (Å²) in [7, 11) is 5.64. The Morgan fingerprint density at radius 1 is 1.22 bits per heavy atom. The van der Waals surface area contributed by atoms with E-state index >= 15 is 0 Å². The minimum Gasteiger partial charge on any atom is -0.494 e. The molecule has 27 heavy (non-hydrogen) atoms. The predicted octanol–water partition coefficient (Wildman–Crippen LogP) is 3.44. The number of amides is 1. The number of fused-ring (bicyclic) bond motifs is 1. The fourth-order valence-electron chi connectivity index (χ4n) is 3.17. The summed E-state index contributed by atoms with van der Waals surface area (Å²) in [6.45, 7) is 2.68. The molecule has 0 unspecified atom stereocenters. The number of carbonyl (C=O) groups is 1. The minimum absolute atomic E-state index is 0.0461. The molecule has 6 heteroatoms. The molecule has 0 fully saturated rings. The van der Waals surface area contributed by atoms with Crippen LogP contribution in [0.15, 0.2) is 47.5 Å². The van der Waals surface area contributed by atoms with Gasteiger partial charge in [-0.3, -0.25) is 9.79 Å². The maximum atomic E-state index is 11.9. The van der Waals surface area contributed by atoms with Gasteiger partial charge in [0, 0.05) is 30.1 Å². The summed E-state index contributed by atoms with van der Waals surface area (Å²) in [5, 5.41) is 13.8. The van der Waals surface area contributed by atoms with Crippen molar-refractivity contribution in [1.82, 2.24) is 15.2 Å². The van der Waals surface area contributed by atoms with Gasteiger partial charge in [-0.2, -0.15) is 0 Å². The molecule has 3 rings (SSSR count). The molecule has 1 heterocycles. The quantitative estimate of drug-likeness (QED) is 0.607. The number of aromatic amines is 1. The fourth-order valence-corrected chi connectivity index (χ4v) is 3.17. The van der Waals surface area contributed by atoms with E-state index in [0.29, 0.717) is 16.8 Å². The van der Waals surface area contributed by atoms with E-state index in [2.05, 4.69) is 21.3 Å². The summed E-state index contributed by atoms with van der Waals surface area (Å²) in [4.78, 5) is 21.7. The number of aliphatic imine (C=N–C) groups is 1. The van der Waals surface area contributed by atoms with Gasteiger partial charge in [-0.05, 0) is 56.9 Å². The predicted molar refractivity (Wildman–Crippen MR) is 109 cm³/mol. The van der Waals surface area contributed by atoms with E-state index < -0.39 is 0 Å². The molecule has 0 bridgehead atoms. The zero-order chi connectivity index (χ0) is 19.6. The van der Waals surface area contributed by atoms with E-state index in [4.69, 9.17) is 4.99 Å². The SMILES string of the molecule is CNC(=O)c1ccc2[nH]c(O)c(C(C)=Nc3cccc(CN(C)C)c3)c2c1. The molecule has 0 aliphatic heterocycles. The highest BCUT2D eigenvalue weighted by Gasteiger charge is 2.16. The molecule has 0 spiro atoms. The second-order valence-corrected chi connectivity index (χ2v) is 6.79. The summed E-state index contributed by atoms with van der Waals surface area (Å²) in [6, 6.07) is 13.3. The van der Waals surface area contributed by atoms with Crippen LogP contribution in [0.25, 0.3) is 10.9 Å². The number of nitrogens with one attached hydrogen (secondary N) is 2. The molecule has 0 aliphatic rings. The number of hydrogen-bond donors (Lipinski definition) is 3. The van der Waals surface area contributed by atoms with Crippen LogP contribution in [0.2, 0.25) is 0 Å². The van der Waals surface area contributed by atoms with Crippen LogP contribution in [0.1, 0.15) is 28.4 Å². The van der Waals surface area contributed by atoms with Crippen molar-refractivity contribution in [2.24, 2.45) is 4.99 Å². The van der Waals surface area contributed by atoms with Crippen LogP contribution in [0.4, 0.5) is 5.69 Å². The largest absolute Gasteiger partial charge is 0.494 e. The number of aromatic nitrogens is 1. The molecule has 3 aromatic rings. The van der Waals surface area contributed by atoms with Gasteiger partial charge in [0.15, 0.2) is 5.88 Å². The van der Waals surface area contributed by atoms with Gasteiger partial charge in [-0.1, -0.05) is 12.1 Å². The molecule has 0 aliphatic carbocycles. The van der Waals surface area contributed by atoms with E-state index in [1.807, 2.05) is 39.2 Å². The van der Waals surface area contributed by atoms with Gasteiger partial charge in [0.05, 0.1) is 17.0 Å². The summed E-state index contributed by atoms with van der Waals surface area (Å²) < 4.78 is 0. The molecular weight excluding hydrogens is 340 g/mol. The summed E-state index contributed by atoms with van der Waals surface area (Å²) >= 11 is 0. The highest BCUT2D eigenvalue weighted by Crippen LogP contribution is 2.30. The number of benzene rings is 2. The third-order valence-electron chi connectivity index (χ3n) is 4.34. The number of H-pyrrole nitrogens is 1. The van der Waals surface area contributed by atoms with Crippen molar-refractivity contribution < 1.29 is 9.90 Å². The van der Waals surface area contributed by atoms with Crippen molar-refractivity contribution in [1.29, 1.82) is 0 Å².